The van der Waals surface area contributed by atoms with E-state index in [0.717, 1.165) is 71.9 Å². The summed E-state index contributed by atoms with van der Waals surface area (Å²) in [5.74, 6) is 1.61. The molecule has 3 aromatic heterocycles. The van der Waals surface area contributed by atoms with E-state index in [1.165, 1.54) is 37.7 Å². The smallest absolute Gasteiger partial charge is 0.164 e. The van der Waals surface area contributed by atoms with Gasteiger partial charge in [0.25, 0.3) is 0 Å². The summed E-state index contributed by atoms with van der Waals surface area (Å²) >= 11 is 0. The van der Waals surface area contributed by atoms with E-state index in [2.05, 4.69) is 189 Å². The topological polar surface area (TPSA) is 77.0 Å². The van der Waals surface area contributed by atoms with Crippen LogP contribution in [0.5, 0.6) is 0 Å². The number of nitrogens with zero attached hydrogens (tertiary/aromatic N) is 4. The Kier molecular flexibility index (Phi) is 9.74. The van der Waals surface area contributed by atoms with Gasteiger partial charge < -0.3 is 14.1 Å². The maximum atomic E-state index is 10.4. The van der Waals surface area contributed by atoms with E-state index >= 15 is 0 Å². The Morgan fingerprint density at radius 3 is 1.72 bits per heavy atom. The Hall–Kier alpha value is -8.87. The number of allylic oxidation sites excluding steroid dienone is 5. The van der Waals surface area contributed by atoms with Crippen molar-refractivity contribution in [3.63, 3.8) is 0 Å². The van der Waals surface area contributed by atoms with Crippen LogP contribution in [0.4, 0.5) is 0 Å². The quantitative estimate of drug-likeness (QED) is 0.0887. The number of furan rings is 1. The second-order valence-electron chi connectivity index (χ2n) is 18.3. The van der Waals surface area contributed by atoms with Crippen molar-refractivity contribution in [1.82, 2.24) is 19.5 Å². The molecule has 0 aliphatic rings. The normalized spacial score (nSPS) is 12.3. The monoisotopic (exact) mass is 890 g/mol. The summed E-state index contributed by atoms with van der Waals surface area (Å²) in [7, 11) is 0. The van der Waals surface area contributed by atoms with Gasteiger partial charge in [0.15, 0.2) is 17.5 Å². The summed E-state index contributed by atoms with van der Waals surface area (Å²) in [5, 5.41) is 21.9. The lowest BCUT2D eigenvalue weighted by molar-refractivity contribution is 0.434. The molecule has 0 bridgehead atoms. The van der Waals surface area contributed by atoms with Crippen LogP contribution in [0.3, 0.4) is 0 Å². The van der Waals surface area contributed by atoms with E-state index in [1.807, 2.05) is 37.3 Å². The van der Waals surface area contributed by atoms with Gasteiger partial charge in [-0.2, -0.15) is 0 Å². The molecule has 12 aromatic rings. The molecule has 0 saturated carbocycles. The van der Waals surface area contributed by atoms with Gasteiger partial charge >= 0.3 is 0 Å². The largest absolute Gasteiger partial charge is 0.509 e. The summed E-state index contributed by atoms with van der Waals surface area (Å²) in [6.45, 7) is 14.5. The van der Waals surface area contributed by atoms with Crippen LogP contribution in [0.2, 0.25) is 0 Å². The standard InChI is InChI=1S/C63H46N4O2/c1-6-17-38(2)60-64-61(66-62(65-60)42-30-31-48-46-22-8-7-20-44(46)45-21-9-10-23-47(45)51(48)37-42)41-19-15-18-40(36-41)43-26-16-29-55-57(43)58-56(69-55)33-32-54(59(58)63(4,5)35-34-39(3)68)67-52-27-13-11-24-49(52)50-25-12-14-28-53(50)67/h6-37,68H,2-3H2,1,4-5H3/b17-6-,35-34-. The SMILES string of the molecule is C=C(O)/C=C\C(C)(C)c1c(-n2c3ccccc3c3ccccc32)ccc2oc3cccc(-c4cccc(-c5nc(C(=C)/C=C\C)nc(-c6ccc7c8ccccc8c8ccccc8c7c6)n5)c4)c3c12. The van der Waals surface area contributed by atoms with Gasteiger partial charge in [-0.25, -0.2) is 15.0 Å². The molecule has 0 unspecified atom stereocenters. The minimum atomic E-state index is -0.617. The zero-order chi connectivity index (χ0) is 47.0. The summed E-state index contributed by atoms with van der Waals surface area (Å²) in [4.78, 5) is 15.4. The van der Waals surface area contributed by atoms with Gasteiger partial charge in [0.05, 0.1) is 16.7 Å². The second kappa shape index (κ2) is 16.2. The van der Waals surface area contributed by atoms with Crippen molar-refractivity contribution in [2.45, 2.75) is 26.2 Å². The van der Waals surface area contributed by atoms with Crippen molar-refractivity contribution in [1.29, 1.82) is 0 Å². The van der Waals surface area contributed by atoms with E-state index in [-0.39, 0.29) is 5.76 Å². The fourth-order valence-electron chi connectivity index (χ4n) is 10.5. The van der Waals surface area contributed by atoms with Crippen LogP contribution in [-0.4, -0.2) is 24.6 Å². The molecule has 9 aromatic carbocycles. The van der Waals surface area contributed by atoms with E-state index in [4.69, 9.17) is 19.4 Å². The molecule has 12 rings (SSSR count). The highest BCUT2D eigenvalue weighted by Crippen LogP contribution is 2.47. The number of hydrogen-bond donors (Lipinski definition) is 1. The van der Waals surface area contributed by atoms with Gasteiger partial charge in [-0.15, -0.1) is 0 Å². The fraction of sp³-hybridized carbons (Fsp3) is 0.0635. The van der Waals surface area contributed by atoms with Gasteiger partial charge in [-0.1, -0.05) is 173 Å². The van der Waals surface area contributed by atoms with Gasteiger partial charge in [-0.05, 0) is 104 Å². The van der Waals surface area contributed by atoms with E-state index in [9.17, 15) is 5.11 Å². The van der Waals surface area contributed by atoms with Crippen LogP contribution in [-0.2, 0) is 5.41 Å². The van der Waals surface area contributed by atoms with Crippen molar-refractivity contribution >= 4 is 81.6 Å². The lowest BCUT2D eigenvalue weighted by atomic mass is 9.79. The third-order valence-electron chi connectivity index (χ3n) is 13.5. The Labute approximate surface area is 399 Å². The number of aromatic nitrogens is 4. The Morgan fingerprint density at radius 2 is 1.09 bits per heavy atom. The number of hydrogen-bond acceptors (Lipinski definition) is 5. The molecule has 6 heteroatoms. The van der Waals surface area contributed by atoms with Gasteiger partial charge in [0.2, 0.25) is 0 Å². The molecular weight excluding hydrogens is 845 g/mol. The highest BCUT2D eigenvalue weighted by atomic mass is 16.3. The Bertz CT molecular complexity index is 4090. The summed E-state index contributed by atoms with van der Waals surface area (Å²) in [6.07, 6.45) is 7.60. The predicted octanol–water partition coefficient (Wildman–Crippen LogP) is 16.8. The minimum Gasteiger partial charge on any atom is -0.509 e. The third-order valence-corrected chi connectivity index (χ3v) is 13.5. The number of benzene rings is 9. The summed E-state index contributed by atoms with van der Waals surface area (Å²) in [6, 6.07) is 59.7. The molecule has 0 fully saturated rings. The highest BCUT2D eigenvalue weighted by molar-refractivity contribution is 6.26. The third kappa shape index (κ3) is 6.83. The van der Waals surface area contributed by atoms with E-state index in [0.29, 0.717) is 23.0 Å². The van der Waals surface area contributed by atoms with Crippen molar-refractivity contribution in [3.05, 3.63) is 224 Å². The number of aliphatic hydroxyl groups excluding tert-OH is 1. The van der Waals surface area contributed by atoms with Crippen molar-refractivity contribution in [2.24, 2.45) is 0 Å². The Morgan fingerprint density at radius 1 is 0.536 bits per heavy atom. The zero-order valence-electron chi connectivity index (χ0n) is 38.5. The Balaban J connectivity index is 1.07. The number of aliphatic hydroxyl groups is 1. The fourth-order valence-corrected chi connectivity index (χ4v) is 10.5. The zero-order valence-corrected chi connectivity index (χ0v) is 38.5. The molecular formula is C63H46N4O2. The molecule has 1 N–H and O–H groups in total. The first-order valence-electron chi connectivity index (χ1n) is 23.2. The van der Waals surface area contributed by atoms with E-state index < -0.39 is 5.41 Å². The first-order chi connectivity index (χ1) is 33.7. The average molecular weight is 891 g/mol. The van der Waals surface area contributed by atoms with Crippen LogP contribution in [0, 0.1) is 0 Å². The molecule has 3 heterocycles. The van der Waals surface area contributed by atoms with E-state index in [1.54, 1.807) is 6.08 Å². The lowest BCUT2D eigenvalue weighted by Crippen LogP contribution is -2.18. The molecule has 0 saturated heterocycles. The van der Waals surface area contributed by atoms with Gasteiger partial charge in [0, 0.05) is 43.7 Å². The molecule has 6 nitrogen and oxygen atoms in total. The molecule has 0 aliphatic carbocycles. The second-order valence-corrected chi connectivity index (χ2v) is 18.3. The number of rotatable bonds is 9. The predicted molar refractivity (Wildman–Crippen MR) is 288 cm³/mol. The summed E-state index contributed by atoms with van der Waals surface area (Å²) in [5.41, 5.74) is 9.59. The number of fused-ring (bicyclic) bond motifs is 12. The molecule has 0 amide bonds. The molecule has 0 spiro atoms. The maximum absolute atomic E-state index is 10.4. The van der Waals surface area contributed by atoms with Crippen LogP contribution in [0.15, 0.2) is 217 Å². The maximum Gasteiger partial charge on any atom is 0.164 e. The first kappa shape index (κ1) is 41.6. The molecule has 0 radical (unpaired) electrons. The molecule has 69 heavy (non-hydrogen) atoms. The molecule has 0 aliphatic heterocycles. The van der Waals surface area contributed by atoms with Crippen molar-refractivity contribution < 1.29 is 9.52 Å². The van der Waals surface area contributed by atoms with Crippen molar-refractivity contribution in [3.8, 4) is 39.6 Å². The molecule has 330 valence electrons. The first-order valence-corrected chi connectivity index (χ1v) is 23.2. The number of para-hydroxylation sites is 2. The molecule has 0 atom stereocenters. The lowest BCUT2D eigenvalue weighted by Gasteiger charge is -2.27. The van der Waals surface area contributed by atoms with Crippen molar-refractivity contribution in [2.75, 3.05) is 0 Å². The van der Waals surface area contributed by atoms with Crippen LogP contribution in [0.1, 0.15) is 32.2 Å². The van der Waals surface area contributed by atoms with Gasteiger partial charge in [0.1, 0.15) is 16.9 Å². The average Bonchev–Trinajstić information content (AvgIpc) is 3.93. The minimum absolute atomic E-state index is 0.00936. The summed E-state index contributed by atoms with van der Waals surface area (Å²) < 4.78 is 9.16. The van der Waals surface area contributed by atoms with Crippen LogP contribution in [0.25, 0.3) is 121 Å². The highest BCUT2D eigenvalue weighted by Gasteiger charge is 2.30. The van der Waals surface area contributed by atoms with Crippen LogP contribution < -0.4 is 0 Å². The van der Waals surface area contributed by atoms with Crippen LogP contribution >= 0.6 is 0 Å². The van der Waals surface area contributed by atoms with Gasteiger partial charge in [-0.3, -0.25) is 0 Å².